The number of nitrogens with zero attached hydrogens (tertiary/aromatic N) is 8. The summed E-state index contributed by atoms with van der Waals surface area (Å²) < 4.78 is 67.9. The van der Waals surface area contributed by atoms with Crippen molar-refractivity contribution in [1.29, 1.82) is 0 Å². The van der Waals surface area contributed by atoms with Gasteiger partial charge in [-0.05, 0) is 125 Å². The monoisotopic (exact) mass is 982 g/mol. The number of rotatable bonds is 12. The Morgan fingerprint density at radius 2 is 1.01 bits per heavy atom. The molecule has 12 rings (SSSR count). The third kappa shape index (κ3) is 8.71. The Hall–Kier alpha value is -6.93. The number of Topliss-reactive ketones (excluding diaryl/α,β-unsaturated/α-hetero) is 1. The lowest BCUT2D eigenvalue weighted by atomic mass is 9.79. The topological polar surface area (TPSA) is 163 Å². The van der Waals surface area contributed by atoms with Gasteiger partial charge in [0.25, 0.3) is 0 Å². The number of ketones is 1. The van der Waals surface area contributed by atoms with Crippen molar-refractivity contribution in [3.63, 3.8) is 0 Å². The van der Waals surface area contributed by atoms with Gasteiger partial charge in [0.2, 0.25) is 0 Å². The van der Waals surface area contributed by atoms with E-state index in [1.54, 1.807) is 26.0 Å². The molecule has 8 heterocycles. The lowest BCUT2D eigenvalue weighted by Crippen LogP contribution is -2.53. The number of imidazole rings is 2. The summed E-state index contributed by atoms with van der Waals surface area (Å²) in [6, 6.07) is 17.8. The van der Waals surface area contributed by atoms with Crippen molar-refractivity contribution >= 4 is 27.6 Å². The van der Waals surface area contributed by atoms with E-state index in [1.165, 1.54) is 24.3 Å². The Balaban J connectivity index is 0.674. The van der Waals surface area contributed by atoms with Crippen molar-refractivity contribution in [2.75, 3.05) is 27.2 Å². The number of hydrogen-bond acceptors (Lipinski definition) is 11. The molecule has 0 radical (unpaired) electrons. The van der Waals surface area contributed by atoms with E-state index in [4.69, 9.17) is 19.4 Å². The second-order valence-corrected chi connectivity index (χ2v) is 20.1. The number of benzene rings is 4. The minimum atomic E-state index is -0.655. The maximum atomic E-state index is 14.5. The summed E-state index contributed by atoms with van der Waals surface area (Å²) in [7, 11) is 4.29. The van der Waals surface area contributed by atoms with Crippen molar-refractivity contribution in [2.45, 2.75) is 90.2 Å². The molecule has 0 aliphatic carbocycles. The molecule has 0 amide bonds. The molecule has 4 N–H and O–H groups in total. The molecule has 6 atom stereocenters. The molecule has 372 valence electrons. The summed E-state index contributed by atoms with van der Waals surface area (Å²) >= 11 is 0. The summed E-state index contributed by atoms with van der Waals surface area (Å²) in [6.07, 6.45) is 2.19. The number of halogens is 4. The van der Waals surface area contributed by atoms with E-state index >= 15 is 0 Å². The Morgan fingerprint density at radius 1 is 0.597 bits per heavy atom. The van der Waals surface area contributed by atoms with Crippen LogP contribution in [-0.2, 0) is 31.0 Å². The Kier molecular flexibility index (Phi) is 11.7. The van der Waals surface area contributed by atoms with Crippen LogP contribution in [0.1, 0.15) is 85.6 Å². The van der Waals surface area contributed by atoms with Gasteiger partial charge in [-0.15, -0.1) is 0 Å². The zero-order valence-electron chi connectivity index (χ0n) is 40.3. The molecule has 15 nitrogen and oxygen atoms in total. The summed E-state index contributed by atoms with van der Waals surface area (Å²) in [5, 5.41) is 17.0. The third-order valence-electron chi connectivity index (χ3n) is 15.3. The van der Waals surface area contributed by atoms with Gasteiger partial charge in [0.05, 0.1) is 46.1 Å². The van der Waals surface area contributed by atoms with Gasteiger partial charge >= 0.3 is 0 Å². The van der Waals surface area contributed by atoms with Crippen molar-refractivity contribution in [3.8, 4) is 34.5 Å². The Labute approximate surface area is 411 Å². The first-order chi connectivity index (χ1) is 34.8. The number of likely N-dealkylation sites (tertiary alicyclic amines) is 2. The number of carbonyl (C=O) groups is 1. The largest absolute Gasteiger partial charge is 0.486 e. The number of H-pyrrole nitrogens is 4. The van der Waals surface area contributed by atoms with Crippen molar-refractivity contribution in [3.05, 3.63) is 130 Å². The van der Waals surface area contributed by atoms with Gasteiger partial charge in [-0.1, -0.05) is 0 Å². The number of aromatic amines is 4. The summed E-state index contributed by atoms with van der Waals surface area (Å²) in [5.74, 6) is 0.0543. The summed E-state index contributed by atoms with van der Waals surface area (Å²) in [4.78, 5) is 41.2. The molecule has 4 aliphatic rings. The van der Waals surface area contributed by atoms with Gasteiger partial charge in [-0.3, -0.25) is 34.6 Å². The zero-order valence-corrected chi connectivity index (χ0v) is 40.3. The van der Waals surface area contributed by atoms with Gasteiger partial charge < -0.3 is 19.4 Å². The average molecular weight is 983 g/mol. The maximum absolute atomic E-state index is 14.5. The number of ether oxygens (including phenoxy) is 2. The molecular weight excluding hydrogens is 929 g/mol. The number of nitrogens with one attached hydrogen (secondary N) is 4. The predicted molar refractivity (Wildman–Crippen MR) is 260 cm³/mol. The van der Waals surface area contributed by atoms with Crippen LogP contribution >= 0.6 is 0 Å². The fourth-order valence-electron chi connectivity index (χ4n) is 11.4. The predicted octanol–water partition coefficient (Wildman–Crippen LogP) is 9.29. The highest BCUT2D eigenvalue weighted by Gasteiger charge is 2.43. The van der Waals surface area contributed by atoms with Crippen LogP contribution in [0.4, 0.5) is 17.6 Å². The molecule has 0 bridgehead atoms. The van der Waals surface area contributed by atoms with Gasteiger partial charge in [-0.25, -0.2) is 27.5 Å². The standard InChI is InChI=1S/C53H54F4N12O3/c1-27(31-13-33(54)19-34(55)14-31)71-37-5-7-41-39(21-37)49(64-62-41)52-58-43-23-68(24-44(43)59-52)47-17-29(9-11-66(47)3)51(70)30-10-12-67(4)48(18-30)69-25-45-46(26-69)61-53(60-45)50-40-22-38(6-8-42(40)63-65-50)72-28(2)32-15-35(56)20-36(57)16-32/h5-8,13-16,19-22,27-30,47-48H,9-12,17-18,23-26H2,1-4H3,(H,58,59)(H,60,61)(H,62,64)(H,63,65). The van der Waals surface area contributed by atoms with E-state index in [0.29, 0.717) is 77.6 Å². The summed E-state index contributed by atoms with van der Waals surface area (Å²) in [6.45, 7) is 7.80. The molecule has 2 saturated heterocycles. The van der Waals surface area contributed by atoms with Crippen LogP contribution in [0.3, 0.4) is 0 Å². The van der Waals surface area contributed by atoms with Crippen molar-refractivity contribution in [2.24, 2.45) is 11.8 Å². The van der Waals surface area contributed by atoms with E-state index in [1.807, 2.05) is 24.3 Å². The van der Waals surface area contributed by atoms with Crippen molar-refractivity contribution in [1.82, 2.24) is 59.9 Å². The first kappa shape index (κ1) is 46.2. The Morgan fingerprint density at radius 3 is 1.42 bits per heavy atom. The van der Waals surface area contributed by atoms with E-state index in [0.717, 1.165) is 95.5 Å². The van der Waals surface area contributed by atoms with Crippen LogP contribution in [0.5, 0.6) is 11.5 Å². The molecule has 2 fully saturated rings. The first-order valence-electron chi connectivity index (χ1n) is 24.6. The van der Waals surface area contributed by atoms with Crippen molar-refractivity contribution < 1.29 is 31.8 Å². The van der Waals surface area contributed by atoms with E-state index in [2.05, 4.69) is 64.1 Å². The van der Waals surface area contributed by atoms with Gasteiger partial charge in [0.15, 0.2) is 11.6 Å². The SMILES string of the molecule is CC(Oc1ccc2[nH]nc(-c3nc4c([nH]3)CN(C3CC(C(=O)C5CCN(C)C(N6Cc7nc(-c8n[nH]c9ccc(OC(C)c%10cc(F)cc(F)c%10)cc89)[nH]c7C6)C5)CCN3C)C4)c2c1)c1cc(F)cc(F)c1. The Bertz CT molecular complexity index is 3060. The van der Waals surface area contributed by atoms with Crippen LogP contribution in [-0.4, -0.2) is 105 Å². The van der Waals surface area contributed by atoms with Gasteiger partial charge in [0.1, 0.15) is 64.1 Å². The molecule has 4 aromatic heterocycles. The molecule has 0 spiro atoms. The fourth-order valence-corrected chi connectivity index (χ4v) is 11.4. The van der Waals surface area contributed by atoms with Crippen LogP contribution in [0.15, 0.2) is 72.8 Å². The van der Waals surface area contributed by atoms with Gasteiger partial charge in [0, 0.05) is 74.0 Å². The van der Waals surface area contributed by atoms with E-state index in [-0.39, 0.29) is 24.2 Å². The number of piperidine rings is 2. The fraction of sp³-hybridized carbons (Fsp3) is 0.377. The molecule has 19 heteroatoms. The highest BCUT2D eigenvalue weighted by Crippen LogP contribution is 2.39. The van der Waals surface area contributed by atoms with Crippen LogP contribution < -0.4 is 9.47 Å². The average Bonchev–Trinajstić information content (AvgIpc) is 4.21. The van der Waals surface area contributed by atoms with Crippen LogP contribution in [0, 0.1) is 35.1 Å². The smallest absolute Gasteiger partial charge is 0.159 e. The second-order valence-electron chi connectivity index (χ2n) is 20.1. The molecule has 4 aliphatic heterocycles. The molecule has 8 aromatic rings. The number of aromatic nitrogens is 8. The number of fused-ring (bicyclic) bond motifs is 4. The molecule has 72 heavy (non-hydrogen) atoms. The molecule has 4 aromatic carbocycles. The number of carbonyl (C=O) groups excluding carboxylic acids is 1. The van der Waals surface area contributed by atoms with E-state index in [9.17, 15) is 22.4 Å². The normalized spacial score (nSPS) is 21.9. The zero-order chi connectivity index (χ0) is 49.5. The number of hydrogen-bond donors (Lipinski definition) is 4. The maximum Gasteiger partial charge on any atom is 0.159 e. The third-order valence-corrected chi connectivity index (χ3v) is 15.3. The highest BCUT2D eigenvalue weighted by molar-refractivity contribution is 5.93. The molecule has 0 saturated carbocycles. The first-order valence-corrected chi connectivity index (χ1v) is 24.6. The molecular formula is C53H54F4N12O3. The lowest BCUT2D eigenvalue weighted by molar-refractivity contribution is -0.134. The minimum Gasteiger partial charge on any atom is -0.486 e. The quantitative estimate of drug-likeness (QED) is 0.0864. The highest BCUT2D eigenvalue weighted by atomic mass is 19.1. The van der Waals surface area contributed by atoms with E-state index < -0.39 is 35.5 Å². The van der Waals surface area contributed by atoms with Gasteiger partial charge in [-0.2, -0.15) is 10.2 Å². The molecule has 6 unspecified atom stereocenters. The van der Waals surface area contributed by atoms with Crippen LogP contribution in [0.2, 0.25) is 0 Å². The summed E-state index contributed by atoms with van der Waals surface area (Å²) in [5.41, 5.74) is 7.67. The lowest BCUT2D eigenvalue weighted by Gasteiger charge is -2.44. The minimum absolute atomic E-state index is 0.0325. The second kappa shape index (κ2) is 18.3. The van der Waals surface area contributed by atoms with Crippen LogP contribution in [0.25, 0.3) is 44.8 Å².